The molecule has 1 saturated heterocycles. The summed E-state index contributed by atoms with van der Waals surface area (Å²) in [5, 5.41) is 3.28. The van der Waals surface area contributed by atoms with Crippen molar-refractivity contribution in [3.63, 3.8) is 0 Å². The lowest BCUT2D eigenvalue weighted by molar-refractivity contribution is 0.271. The fraction of sp³-hybridized carbons (Fsp3) is 0.294. The molecule has 0 radical (unpaired) electrons. The third-order valence-electron chi connectivity index (χ3n) is 4.15. The van der Waals surface area contributed by atoms with Crippen molar-refractivity contribution in [3.8, 4) is 5.75 Å². The Kier molecular flexibility index (Phi) is 5.29. The molecule has 0 aliphatic carbocycles. The molecular weight excluding hydrogens is 367 g/mol. The molecule has 5 nitrogen and oxygen atoms in total. The summed E-state index contributed by atoms with van der Waals surface area (Å²) in [5.74, 6) is 0.000231. The summed E-state index contributed by atoms with van der Waals surface area (Å²) in [6.07, 6.45) is 0. The molecule has 1 unspecified atom stereocenters. The van der Waals surface area contributed by atoms with Gasteiger partial charge in [0.05, 0.1) is 18.2 Å². The molecule has 2 aromatic rings. The van der Waals surface area contributed by atoms with Gasteiger partial charge in [-0.2, -0.15) is 4.31 Å². The Labute approximate surface area is 151 Å². The quantitative estimate of drug-likeness (QED) is 0.880. The van der Waals surface area contributed by atoms with Crippen LogP contribution in [0.2, 0.25) is 5.02 Å². The van der Waals surface area contributed by atoms with Crippen LogP contribution in [0, 0.1) is 5.82 Å². The van der Waals surface area contributed by atoms with Crippen molar-refractivity contribution < 1.29 is 17.5 Å². The van der Waals surface area contributed by atoms with E-state index in [2.05, 4.69) is 5.32 Å². The van der Waals surface area contributed by atoms with E-state index in [1.807, 2.05) is 0 Å². The van der Waals surface area contributed by atoms with Crippen molar-refractivity contribution >= 4 is 21.6 Å². The minimum Gasteiger partial charge on any atom is -0.497 e. The normalized spacial score (nSPS) is 18.9. The first kappa shape index (κ1) is 18.1. The van der Waals surface area contributed by atoms with Gasteiger partial charge in [-0.15, -0.1) is 0 Å². The van der Waals surface area contributed by atoms with Gasteiger partial charge in [-0.05, 0) is 29.8 Å². The second-order valence-electron chi connectivity index (χ2n) is 5.69. The van der Waals surface area contributed by atoms with Crippen LogP contribution in [0.25, 0.3) is 0 Å². The third-order valence-corrected chi connectivity index (χ3v) is 6.54. The Balaban J connectivity index is 2.05. The highest BCUT2D eigenvalue weighted by Crippen LogP contribution is 2.34. The summed E-state index contributed by atoms with van der Waals surface area (Å²) < 4.78 is 46.5. The maximum Gasteiger partial charge on any atom is 0.245 e. The molecule has 1 aliphatic rings. The maximum absolute atomic E-state index is 13.6. The number of rotatable bonds is 4. The van der Waals surface area contributed by atoms with Crippen molar-refractivity contribution in [1.29, 1.82) is 0 Å². The zero-order valence-corrected chi connectivity index (χ0v) is 15.1. The zero-order chi connectivity index (χ0) is 18.0. The molecule has 1 fully saturated rings. The van der Waals surface area contributed by atoms with Gasteiger partial charge in [0.25, 0.3) is 0 Å². The highest BCUT2D eigenvalue weighted by molar-refractivity contribution is 7.89. The number of nitrogens with one attached hydrogen (secondary N) is 1. The molecule has 1 atom stereocenters. The minimum atomic E-state index is -3.88. The number of hydrogen-bond donors (Lipinski definition) is 1. The van der Waals surface area contributed by atoms with Gasteiger partial charge in [0.1, 0.15) is 16.5 Å². The van der Waals surface area contributed by atoms with Crippen molar-refractivity contribution in [1.82, 2.24) is 9.62 Å². The Hall–Kier alpha value is -1.67. The number of sulfonamides is 1. The number of benzene rings is 2. The largest absolute Gasteiger partial charge is 0.497 e. The van der Waals surface area contributed by atoms with Gasteiger partial charge < -0.3 is 10.1 Å². The minimum absolute atomic E-state index is 0.0168. The van der Waals surface area contributed by atoms with E-state index in [-0.39, 0.29) is 16.5 Å². The standard InChI is InChI=1S/C17H18ClFN2O3S/c1-24-14-5-6-15(18)17(10-14)25(22,23)21-8-7-20-11-16(21)12-3-2-4-13(19)9-12/h2-6,9-10,16,20H,7-8,11H2,1H3. The van der Waals surface area contributed by atoms with Gasteiger partial charge >= 0.3 is 0 Å². The highest BCUT2D eigenvalue weighted by Gasteiger charge is 2.35. The molecule has 25 heavy (non-hydrogen) atoms. The van der Waals surface area contributed by atoms with E-state index in [9.17, 15) is 12.8 Å². The number of halogens is 2. The van der Waals surface area contributed by atoms with E-state index in [1.165, 1.54) is 35.7 Å². The van der Waals surface area contributed by atoms with Crippen LogP contribution < -0.4 is 10.1 Å². The first-order valence-corrected chi connectivity index (χ1v) is 9.57. The van der Waals surface area contributed by atoms with E-state index >= 15 is 0 Å². The average molecular weight is 385 g/mol. The van der Waals surface area contributed by atoms with Crippen molar-refractivity contribution in [2.24, 2.45) is 0 Å². The van der Waals surface area contributed by atoms with Crippen molar-refractivity contribution in [3.05, 3.63) is 58.9 Å². The summed E-state index contributed by atoms with van der Waals surface area (Å²) in [4.78, 5) is -0.0168. The molecule has 1 heterocycles. The maximum atomic E-state index is 13.6. The van der Waals surface area contributed by atoms with Gasteiger partial charge in [-0.25, -0.2) is 12.8 Å². The van der Waals surface area contributed by atoms with Gasteiger partial charge in [-0.3, -0.25) is 0 Å². The number of methoxy groups -OCH3 is 1. The Morgan fingerprint density at radius 3 is 2.80 bits per heavy atom. The SMILES string of the molecule is COc1ccc(Cl)c(S(=O)(=O)N2CCNCC2c2cccc(F)c2)c1. The van der Waals surface area contributed by atoms with Crippen LogP contribution in [0.15, 0.2) is 47.4 Å². The van der Waals surface area contributed by atoms with E-state index < -0.39 is 21.9 Å². The molecular formula is C17H18ClFN2O3S. The number of nitrogens with zero attached hydrogens (tertiary/aromatic N) is 1. The molecule has 0 aromatic heterocycles. The van der Waals surface area contributed by atoms with Gasteiger partial charge in [0, 0.05) is 25.7 Å². The molecule has 0 bridgehead atoms. The first-order chi connectivity index (χ1) is 11.9. The summed E-state index contributed by atoms with van der Waals surface area (Å²) in [6, 6.07) is 9.96. The number of piperazine rings is 1. The summed E-state index contributed by atoms with van der Waals surface area (Å²) in [7, 11) is -2.42. The second kappa shape index (κ2) is 7.29. The molecule has 8 heteroatoms. The van der Waals surface area contributed by atoms with Crippen LogP contribution in [0.4, 0.5) is 4.39 Å². The fourth-order valence-electron chi connectivity index (χ4n) is 2.91. The van der Waals surface area contributed by atoms with Crippen LogP contribution in [0.3, 0.4) is 0 Å². The predicted octanol–water partition coefficient (Wildman–Crippen LogP) is 2.82. The summed E-state index contributed by atoms with van der Waals surface area (Å²) in [5.41, 5.74) is 0.592. The van der Waals surface area contributed by atoms with Crippen molar-refractivity contribution in [2.75, 3.05) is 26.7 Å². The van der Waals surface area contributed by atoms with Crippen LogP contribution in [-0.4, -0.2) is 39.5 Å². The van der Waals surface area contributed by atoms with E-state index in [0.717, 1.165) is 0 Å². The molecule has 1 N–H and O–H groups in total. The fourth-order valence-corrected chi connectivity index (χ4v) is 5.01. The molecule has 0 spiro atoms. The lowest BCUT2D eigenvalue weighted by atomic mass is 10.1. The molecule has 134 valence electrons. The third kappa shape index (κ3) is 3.64. The van der Waals surface area contributed by atoms with Crippen molar-refractivity contribution in [2.45, 2.75) is 10.9 Å². The Morgan fingerprint density at radius 2 is 2.08 bits per heavy atom. The summed E-state index contributed by atoms with van der Waals surface area (Å²) >= 11 is 6.14. The molecule has 0 amide bonds. The number of ether oxygens (including phenoxy) is 1. The molecule has 2 aromatic carbocycles. The average Bonchev–Trinajstić information content (AvgIpc) is 2.62. The smallest absolute Gasteiger partial charge is 0.245 e. The Morgan fingerprint density at radius 1 is 1.28 bits per heavy atom. The van der Waals surface area contributed by atoms with Gasteiger partial charge in [-0.1, -0.05) is 23.7 Å². The summed E-state index contributed by atoms with van der Waals surface area (Å²) in [6.45, 7) is 1.16. The number of hydrogen-bond acceptors (Lipinski definition) is 4. The zero-order valence-electron chi connectivity index (χ0n) is 13.6. The predicted molar refractivity (Wildman–Crippen MR) is 93.9 cm³/mol. The van der Waals surface area contributed by atoms with Crippen LogP contribution >= 0.6 is 11.6 Å². The monoisotopic (exact) mass is 384 g/mol. The van der Waals surface area contributed by atoms with Crippen LogP contribution in [0.5, 0.6) is 5.75 Å². The van der Waals surface area contributed by atoms with E-state index in [0.29, 0.717) is 24.4 Å². The lowest BCUT2D eigenvalue weighted by Crippen LogP contribution is -2.48. The lowest BCUT2D eigenvalue weighted by Gasteiger charge is -2.35. The van der Waals surface area contributed by atoms with E-state index in [4.69, 9.17) is 16.3 Å². The topological polar surface area (TPSA) is 58.6 Å². The van der Waals surface area contributed by atoms with Crippen LogP contribution in [0.1, 0.15) is 11.6 Å². The second-order valence-corrected chi connectivity index (χ2v) is 7.95. The van der Waals surface area contributed by atoms with Gasteiger partial charge in [0.2, 0.25) is 10.0 Å². The van der Waals surface area contributed by atoms with E-state index in [1.54, 1.807) is 18.2 Å². The van der Waals surface area contributed by atoms with Gasteiger partial charge in [0.15, 0.2) is 0 Å². The molecule has 0 saturated carbocycles. The Bertz CT molecular complexity index is 876. The first-order valence-electron chi connectivity index (χ1n) is 7.75. The molecule has 3 rings (SSSR count). The molecule has 1 aliphatic heterocycles. The highest BCUT2D eigenvalue weighted by atomic mass is 35.5. The van der Waals surface area contributed by atoms with Crippen LogP contribution in [-0.2, 0) is 10.0 Å².